The molecule has 1 aromatic heterocycles. The summed E-state index contributed by atoms with van der Waals surface area (Å²) in [5.41, 5.74) is 9.67. The zero-order valence-corrected chi connectivity index (χ0v) is 14.4. The highest BCUT2D eigenvalue weighted by atomic mass is 16.5. The number of aromatic nitrogens is 2. The first-order valence-corrected chi connectivity index (χ1v) is 7.79. The molecule has 128 valence electrons. The monoisotopic (exact) mass is 336 g/mol. The van der Waals surface area contributed by atoms with Crippen LogP contribution in [0.2, 0.25) is 0 Å². The number of hydrogen-bond donors (Lipinski definition) is 1. The van der Waals surface area contributed by atoms with E-state index in [1.807, 2.05) is 49.4 Å². The van der Waals surface area contributed by atoms with Crippen molar-refractivity contribution in [2.24, 2.45) is 5.10 Å². The Morgan fingerprint density at radius 2 is 1.80 bits per heavy atom. The van der Waals surface area contributed by atoms with Gasteiger partial charge in [0.05, 0.1) is 32.3 Å². The maximum absolute atomic E-state index is 5.80. The molecule has 0 aliphatic rings. The maximum atomic E-state index is 5.80. The third-order valence-electron chi connectivity index (χ3n) is 3.77. The number of anilines is 1. The molecule has 1 heterocycles. The Hall–Kier alpha value is -3.28. The minimum atomic E-state index is 0.366. The van der Waals surface area contributed by atoms with Gasteiger partial charge < -0.3 is 15.2 Å². The molecule has 0 fully saturated rings. The molecule has 0 aliphatic carbocycles. The molecule has 0 bridgehead atoms. The van der Waals surface area contributed by atoms with Crippen LogP contribution in [-0.4, -0.2) is 30.1 Å². The van der Waals surface area contributed by atoms with Crippen LogP contribution >= 0.6 is 0 Å². The fourth-order valence-electron chi connectivity index (χ4n) is 2.54. The Bertz CT molecular complexity index is 916. The van der Waals surface area contributed by atoms with Gasteiger partial charge in [0.25, 0.3) is 0 Å². The second-order valence-electron chi connectivity index (χ2n) is 5.52. The van der Waals surface area contributed by atoms with Crippen LogP contribution in [0.3, 0.4) is 0 Å². The molecule has 0 unspecified atom stereocenters. The van der Waals surface area contributed by atoms with Gasteiger partial charge in [-0.25, -0.2) is 9.66 Å². The van der Waals surface area contributed by atoms with Crippen molar-refractivity contribution < 1.29 is 9.47 Å². The van der Waals surface area contributed by atoms with Gasteiger partial charge in [-0.1, -0.05) is 24.3 Å². The third-order valence-corrected chi connectivity index (χ3v) is 3.77. The van der Waals surface area contributed by atoms with E-state index in [4.69, 9.17) is 15.2 Å². The predicted molar refractivity (Wildman–Crippen MR) is 99.4 cm³/mol. The van der Waals surface area contributed by atoms with Crippen molar-refractivity contribution in [1.82, 2.24) is 9.66 Å². The van der Waals surface area contributed by atoms with Gasteiger partial charge >= 0.3 is 0 Å². The van der Waals surface area contributed by atoms with E-state index >= 15 is 0 Å². The molecule has 6 nitrogen and oxygen atoms in total. The molecule has 0 aliphatic heterocycles. The largest absolute Gasteiger partial charge is 0.493 e. The SMILES string of the molecule is COc1ccc(-c2cccc(C=Nn3cc(C)nc3N)c2)cc1OC. The highest BCUT2D eigenvalue weighted by molar-refractivity contribution is 5.82. The molecule has 3 rings (SSSR count). The van der Waals surface area contributed by atoms with Crippen molar-refractivity contribution >= 4 is 12.2 Å². The summed E-state index contributed by atoms with van der Waals surface area (Å²) in [5.74, 6) is 1.76. The van der Waals surface area contributed by atoms with Crippen molar-refractivity contribution in [3.05, 3.63) is 59.9 Å². The van der Waals surface area contributed by atoms with E-state index in [0.717, 1.165) is 22.4 Å². The quantitative estimate of drug-likeness (QED) is 0.725. The smallest absolute Gasteiger partial charge is 0.221 e. The van der Waals surface area contributed by atoms with Crippen LogP contribution in [0, 0.1) is 6.92 Å². The van der Waals surface area contributed by atoms with Crippen LogP contribution in [0.1, 0.15) is 11.3 Å². The summed E-state index contributed by atoms with van der Waals surface area (Å²) in [6.45, 7) is 1.88. The van der Waals surface area contributed by atoms with Gasteiger partial charge in [0.1, 0.15) is 0 Å². The number of imidazole rings is 1. The number of hydrogen-bond acceptors (Lipinski definition) is 5. The van der Waals surface area contributed by atoms with Crippen LogP contribution in [0.25, 0.3) is 11.1 Å². The van der Waals surface area contributed by atoms with Gasteiger partial charge in [0.15, 0.2) is 11.5 Å². The molecule has 2 aromatic carbocycles. The lowest BCUT2D eigenvalue weighted by atomic mass is 10.0. The van der Waals surface area contributed by atoms with Gasteiger partial charge in [-0.15, -0.1) is 0 Å². The van der Waals surface area contributed by atoms with Gasteiger partial charge in [-0.3, -0.25) is 0 Å². The van der Waals surface area contributed by atoms with E-state index < -0.39 is 0 Å². The lowest BCUT2D eigenvalue weighted by Gasteiger charge is -2.10. The molecule has 6 heteroatoms. The Morgan fingerprint density at radius 1 is 1.04 bits per heavy atom. The first kappa shape index (κ1) is 16.6. The van der Waals surface area contributed by atoms with Crippen molar-refractivity contribution in [1.29, 1.82) is 0 Å². The Morgan fingerprint density at radius 3 is 2.48 bits per heavy atom. The van der Waals surface area contributed by atoms with Crippen molar-refractivity contribution in [2.45, 2.75) is 6.92 Å². The number of benzene rings is 2. The van der Waals surface area contributed by atoms with Gasteiger partial charge in [0, 0.05) is 0 Å². The van der Waals surface area contributed by atoms with E-state index in [0.29, 0.717) is 17.4 Å². The standard InChI is InChI=1S/C19H20N4O2/c1-13-12-23(19(20)22-13)21-11-14-5-4-6-15(9-14)16-7-8-17(24-2)18(10-16)25-3/h4-12H,1-3H3,(H2,20,22). The van der Waals surface area contributed by atoms with Crippen molar-refractivity contribution in [2.75, 3.05) is 20.0 Å². The fourth-order valence-corrected chi connectivity index (χ4v) is 2.54. The second-order valence-corrected chi connectivity index (χ2v) is 5.52. The summed E-state index contributed by atoms with van der Waals surface area (Å²) < 4.78 is 12.2. The molecule has 3 aromatic rings. The van der Waals surface area contributed by atoms with Crippen molar-refractivity contribution in [3.8, 4) is 22.6 Å². The Kier molecular flexibility index (Phi) is 4.70. The number of nitrogens with two attached hydrogens (primary N) is 1. The number of rotatable bonds is 5. The van der Waals surface area contributed by atoms with Crippen LogP contribution in [-0.2, 0) is 0 Å². The second kappa shape index (κ2) is 7.09. The Labute approximate surface area is 146 Å². The average molecular weight is 336 g/mol. The summed E-state index contributed by atoms with van der Waals surface area (Å²) in [6.07, 6.45) is 3.53. The molecule has 0 saturated carbocycles. The van der Waals surface area contributed by atoms with Gasteiger partial charge in [0.2, 0.25) is 5.95 Å². The molecule has 0 spiro atoms. The minimum absolute atomic E-state index is 0.366. The van der Waals surface area contributed by atoms with Crippen LogP contribution in [0.15, 0.2) is 53.8 Å². The van der Waals surface area contributed by atoms with E-state index in [1.54, 1.807) is 31.3 Å². The first-order chi connectivity index (χ1) is 12.1. The topological polar surface area (TPSA) is 74.7 Å². The summed E-state index contributed by atoms with van der Waals surface area (Å²) in [4.78, 5) is 4.13. The van der Waals surface area contributed by atoms with E-state index in [2.05, 4.69) is 10.1 Å². The normalized spacial score (nSPS) is 11.0. The van der Waals surface area contributed by atoms with E-state index in [1.165, 1.54) is 0 Å². The maximum Gasteiger partial charge on any atom is 0.221 e. The number of nitrogens with zero attached hydrogens (tertiary/aromatic N) is 3. The predicted octanol–water partition coefficient (Wildman–Crippen LogP) is 3.34. The fraction of sp³-hybridized carbons (Fsp3) is 0.158. The summed E-state index contributed by atoms with van der Waals surface area (Å²) >= 11 is 0. The molecule has 0 saturated heterocycles. The van der Waals surface area contributed by atoms with E-state index in [-0.39, 0.29) is 0 Å². The van der Waals surface area contributed by atoms with Crippen LogP contribution < -0.4 is 15.2 Å². The van der Waals surface area contributed by atoms with E-state index in [9.17, 15) is 0 Å². The zero-order valence-electron chi connectivity index (χ0n) is 14.4. The summed E-state index contributed by atoms with van der Waals surface area (Å²) in [5, 5.41) is 4.35. The molecule has 0 radical (unpaired) electrons. The number of methoxy groups -OCH3 is 2. The lowest BCUT2D eigenvalue weighted by molar-refractivity contribution is 0.355. The molecular formula is C19H20N4O2. The summed E-state index contributed by atoms with van der Waals surface area (Å²) in [7, 11) is 3.25. The number of ether oxygens (including phenoxy) is 2. The highest BCUT2D eigenvalue weighted by Crippen LogP contribution is 2.32. The Balaban J connectivity index is 1.90. The average Bonchev–Trinajstić information content (AvgIpc) is 2.96. The number of aryl methyl sites for hydroxylation is 1. The zero-order chi connectivity index (χ0) is 17.8. The molecule has 0 amide bonds. The van der Waals surface area contributed by atoms with Gasteiger partial charge in [-0.2, -0.15) is 5.10 Å². The lowest BCUT2D eigenvalue weighted by Crippen LogP contribution is -1.97. The first-order valence-electron chi connectivity index (χ1n) is 7.79. The van der Waals surface area contributed by atoms with Crippen LogP contribution in [0.5, 0.6) is 11.5 Å². The third kappa shape index (κ3) is 3.63. The van der Waals surface area contributed by atoms with Crippen LogP contribution in [0.4, 0.5) is 5.95 Å². The molecule has 0 atom stereocenters. The molecule has 2 N–H and O–H groups in total. The highest BCUT2D eigenvalue weighted by Gasteiger charge is 2.06. The van der Waals surface area contributed by atoms with Gasteiger partial charge in [-0.05, 0) is 41.8 Å². The molecular weight excluding hydrogens is 316 g/mol. The molecule has 25 heavy (non-hydrogen) atoms. The number of nitrogen functional groups attached to an aromatic ring is 1. The minimum Gasteiger partial charge on any atom is -0.493 e. The summed E-state index contributed by atoms with van der Waals surface area (Å²) in [6, 6.07) is 13.9. The van der Waals surface area contributed by atoms with Crippen molar-refractivity contribution in [3.63, 3.8) is 0 Å².